The Kier molecular flexibility index (Phi) is 4.39. The summed E-state index contributed by atoms with van der Waals surface area (Å²) in [4.78, 5) is 6.77. The fraction of sp³-hybridized carbons (Fsp3) is 0.500. The van der Waals surface area contributed by atoms with Gasteiger partial charge in [-0.15, -0.1) is 0 Å². The lowest BCUT2D eigenvalue weighted by Gasteiger charge is -2.11. The van der Waals surface area contributed by atoms with Gasteiger partial charge in [0.1, 0.15) is 11.6 Å². The molecule has 1 heterocycles. The van der Waals surface area contributed by atoms with Crippen molar-refractivity contribution >= 4 is 11.0 Å². The molecule has 5 heteroatoms. The maximum Gasteiger partial charge on any atom is 0.123 e. The van der Waals surface area contributed by atoms with Crippen LogP contribution in [0, 0.1) is 0 Å². The summed E-state index contributed by atoms with van der Waals surface area (Å²) in [5, 5.41) is 0. The minimum absolute atomic E-state index is 0.457. The third-order valence-electron chi connectivity index (χ3n) is 3.20. The highest BCUT2D eigenvalue weighted by molar-refractivity contribution is 5.77. The predicted molar refractivity (Wildman–Crippen MR) is 77.3 cm³/mol. The van der Waals surface area contributed by atoms with Crippen LogP contribution in [0.2, 0.25) is 0 Å². The summed E-state index contributed by atoms with van der Waals surface area (Å²) in [6.45, 7) is 2.45. The Hall–Kier alpha value is -1.59. The van der Waals surface area contributed by atoms with Crippen LogP contribution in [-0.4, -0.2) is 42.2 Å². The second kappa shape index (κ2) is 6.04. The summed E-state index contributed by atoms with van der Waals surface area (Å²) in [5.41, 5.74) is 7.87. The van der Waals surface area contributed by atoms with E-state index in [0.29, 0.717) is 6.54 Å². The van der Waals surface area contributed by atoms with Crippen molar-refractivity contribution in [2.45, 2.75) is 19.5 Å². The molecule has 0 aliphatic rings. The van der Waals surface area contributed by atoms with E-state index in [4.69, 9.17) is 10.5 Å². The van der Waals surface area contributed by atoms with Gasteiger partial charge in [0.25, 0.3) is 0 Å². The maximum absolute atomic E-state index is 5.79. The molecule has 1 aromatic carbocycles. The number of rotatable bonds is 6. The number of nitrogens with two attached hydrogens (primary N) is 1. The van der Waals surface area contributed by atoms with Crippen molar-refractivity contribution in [3.05, 3.63) is 24.0 Å². The molecule has 0 fully saturated rings. The van der Waals surface area contributed by atoms with Gasteiger partial charge in [0.15, 0.2) is 0 Å². The maximum atomic E-state index is 5.79. The molecule has 0 bridgehead atoms. The van der Waals surface area contributed by atoms with Crippen LogP contribution in [0.4, 0.5) is 0 Å². The molecule has 19 heavy (non-hydrogen) atoms. The summed E-state index contributed by atoms with van der Waals surface area (Å²) in [6.07, 6.45) is 1.08. The second-order valence-electron chi connectivity index (χ2n) is 4.90. The lowest BCUT2D eigenvalue weighted by atomic mass is 10.3. The second-order valence-corrected chi connectivity index (χ2v) is 4.90. The zero-order valence-electron chi connectivity index (χ0n) is 11.9. The first-order valence-electron chi connectivity index (χ1n) is 6.53. The molecule has 0 aliphatic heterocycles. The molecule has 2 N–H and O–H groups in total. The van der Waals surface area contributed by atoms with Gasteiger partial charge in [-0.1, -0.05) is 0 Å². The zero-order valence-corrected chi connectivity index (χ0v) is 11.9. The molecule has 2 aromatic rings. The first-order chi connectivity index (χ1) is 9.15. The molecule has 0 aliphatic carbocycles. The van der Waals surface area contributed by atoms with Crippen LogP contribution in [-0.2, 0) is 13.1 Å². The fourth-order valence-electron chi connectivity index (χ4n) is 2.24. The molecule has 0 atom stereocenters. The normalized spacial score (nSPS) is 11.4. The smallest absolute Gasteiger partial charge is 0.123 e. The van der Waals surface area contributed by atoms with Crippen LogP contribution in [0.5, 0.6) is 5.75 Å². The number of imidazole rings is 1. The Balaban J connectivity index is 2.29. The van der Waals surface area contributed by atoms with E-state index in [0.717, 1.165) is 42.1 Å². The molecule has 0 saturated carbocycles. The first kappa shape index (κ1) is 13.8. The molecule has 0 radical (unpaired) electrons. The lowest BCUT2D eigenvalue weighted by molar-refractivity contribution is 0.386. The first-order valence-corrected chi connectivity index (χ1v) is 6.53. The van der Waals surface area contributed by atoms with Crippen LogP contribution in [0.25, 0.3) is 11.0 Å². The Morgan fingerprint density at radius 1 is 1.37 bits per heavy atom. The van der Waals surface area contributed by atoms with E-state index in [1.807, 2.05) is 12.1 Å². The largest absolute Gasteiger partial charge is 0.497 e. The van der Waals surface area contributed by atoms with Crippen molar-refractivity contribution in [2.24, 2.45) is 5.73 Å². The number of hydrogen-bond acceptors (Lipinski definition) is 4. The van der Waals surface area contributed by atoms with Crippen LogP contribution in [0.1, 0.15) is 12.2 Å². The Labute approximate surface area is 114 Å². The number of nitrogens with zero attached hydrogens (tertiary/aromatic N) is 3. The van der Waals surface area contributed by atoms with Crippen LogP contribution < -0.4 is 10.5 Å². The number of fused-ring (bicyclic) bond motifs is 1. The van der Waals surface area contributed by atoms with Crippen LogP contribution >= 0.6 is 0 Å². The molecule has 5 nitrogen and oxygen atoms in total. The Bertz CT molecular complexity index is 548. The van der Waals surface area contributed by atoms with E-state index >= 15 is 0 Å². The predicted octanol–water partition coefficient (Wildman–Crippen LogP) is 1.46. The lowest BCUT2D eigenvalue weighted by Crippen LogP contribution is -2.16. The molecule has 0 amide bonds. The molecule has 2 rings (SSSR count). The molecular weight excluding hydrogens is 240 g/mol. The summed E-state index contributed by atoms with van der Waals surface area (Å²) in [7, 11) is 5.83. The minimum Gasteiger partial charge on any atom is -0.497 e. The summed E-state index contributed by atoms with van der Waals surface area (Å²) < 4.78 is 7.44. The number of hydrogen-bond donors (Lipinski definition) is 1. The van der Waals surface area contributed by atoms with Crippen molar-refractivity contribution in [3.63, 3.8) is 0 Å². The van der Waals surface area contributed by atoms with Gasteiger partial charge >= 0.3 is 0 Å². The third kappa shape index (κ3) is 3.05. The average Bonchev–Trinajstić information content (AvgIpc) is 2.75. The van der Waals surface area contributed by atoms with Gasteiger partial charge in [-0.05, 0) is 39.2 Å². The van der Waals surface area contributed by atoms with Crippen molar-refractivity contribution in [2.75, 3.05) is 27.7 Å². The van der Waals surface area contributed by atoms with Crippen molar-refractivity contribution in [1.29, 1.82) is 0 Å². The van der Waals surface area contributed by atoms with Crippen LogP contribution in [0.15, 0.2) is 18.2 Å². The van der Waals surface area contributed by atoms with E-state index in [-0.39, 0.29) is 0 Å². The highest BCUT2D eigenvalue weighted by Crippen LogP contribution is 2.22. The van der Waals surface area contributed by atoms with Gasteiger partial charge < -0.3 is 19.9 Å². The van der Waals surface area contributed by atoms with Gasteiger partial charge in [-0.3, -0.25) is 0 Å². The number of aryl methyl sites for hydroxylation is 1. The Morgan fingerprint density at radius 3 is 2.79 bits per heavy atom. The molecular formula is C14H22N4O. The van der Waals surface area contributed by atoms with Gasteiger partial charge in [0.05, 0.1) is 24.7 Å². The summed E-state index contributed by atoms with van der Waals surface area (Å²) >= 11 is 0. The van der Waals surface area contributed by atoms with E-state index in [9.17, 15) is 0 Å². The Morgan fingerprint density at radius 2 is 2.16 bits per heavy atom. The van der Waals surface area contributed by atoms with Crippen molar-refractivity contribution in [3.8, 4) is 5.75 Å². The third-order valence-corrected chi connectivity index (χ3v) is 3.20. The van der Waals surface area contributed by atoms with E-state index < -0.39 is 0 Å². The number of methoxy groups -OCH3 is 1. The quantitative estimate of drug-likeness (QED) is 0.856. The molecule has 1 aromatic heterocycles. The minimum atomic E-state index is 0.457. The average molecular weight is 262 g/mol. The van der Waals surface area contributed by atoms with Gasteiger partial charge in [-0.2, -0.15) is 0 Å². The standard InChI is InChI=1S/C14H22N4O/c1-17(2)7-4-8-18-13-6-5-11(19-3)9-12(13)16-14(18)10-15/h5-6,9H,4,7-8,10,15H2,1-3H3. The monoisotopic (exact) mass is 262 g/mol. The zero-order chi connectivity index (χ0) is 13.8. The van der Waals surface area contributed by atoms with E-state index in [2.05, 4.69) is 34.6 Å². The highest BCUT2D eigenvalue weighted by atomic mass is 16.5. The highest BCUT2D eigenvalue weighted by Gasteiger charge is 2.10. The fourth-order valence-corrected chi connectivity index (χ4v) is 2.24. The molecule has 0 spiro atoms. The number of aromatic nitrogens is 2. The van der Waals surface area contributed by atoms with Crippen molar-refractivity contribution < 1.29 is 4.74 Å². The number of ether oxygens (including phenoxy) is 1. The SMILES string of the molecule is COc1ccc2c(c1)nc(CN)n2CCCN(C)C. The number of benzene rings is 1. The van der Waals surface area contributed by atoms with Crippen LogP contribution in [0.3, 0.4) is 0 Å². The topological polar surface area (TPSA) is 56.3 Å². The van der Waals surface area contributed by atoms with Gasteiger partial charge in [-0.25, -0.2) is 4.98 Å². The molecule has 0 saturated heterocycles. The van der Waals surface area contributed by atoms with Crippen molar-refractivity contribution in [1.82, 2.24) is 14.5 Å². The van der Waals surface area contributed by atoms with E-state index in [1.54, 1.807) is 7.11 Å². The van der Waals surface area contributed by atoms with Gasteiger partial charge in [0.2, 0.25) is 0 Å². The molecule has 104 valence electrons. The summed E-state index contributed by atoms with van der Waals surface area (Å²) in [6, 6.07) is 5.97. The van der Waals surface area contributed by atoms with E-state index in [1.165, 1.54) is 0 Å². The summed E-state index contributed by atoms with van der Waals surface area (Å²) in [5.74, 6) is 1.76. The van der Waals surface area contributed by atoms with Gasteiger partial charge in [0, 0.05) is 12.6 Å². The molecule has 0 unspecified atom stereocenters.